The van der Waals surface area contributed by atoms with Crippen molar-refractivity contribution in [1.29, 1.82) is 0 Å². The number of hydrogen-bond acceptors (Lipinski definition) is 4. The van der Waals surface area contributed by atoms with E-state index < -0.39 is 0 Å². The van der Waals surface area contributed by atoms with E-state index >= 15 is 0 Å². The molecule has 1 aromatic carbocycles. The second kappa shape index (κ2) is 7.79. The summed E-state index contributed by atoms with van der Waals surface area (Å²) >= 11 is 0. The van der Waals surface area contributed by atoms with E-state index in [1.54, 1.807) is 14.0 Å². The van der Waals surface area contributed by atoms with E-state index in [0.717, 1.165) is 29.8 Å². The lowest BCUT2D eigenvalue weighted by Gasteiger charge is -2.13. The standard InChI is InChI=1S/C15H23NO3/c1-5-19-14(17)10-16-7-6-13-9-11(2)8-12(3)15(13)18-4/h8-9,16H,5-7,10H2,1-4H3. The summed E-state index contributed by atoms with van der Waals surface area (Å²) in [6.45, 7) is 7.31. The van der Waals surface area contributed by atoms with E-state index in [1.165, 1.54) is 5.56 Å². The molecule has 0 atom stereocenters. The van der Waals surface area contributed by atoms with Gasteiger partial charge in [-0.05, 0) is 44.9 Å². The minimum Gasteiger partial charge on any atom is -0.496 e. The van der Waals surface area contributed by atoms with Gasteiger partial charge in [0.15, 0.2) is 0 Å². The Balaban J connectivity index is 2.51. The van der Waals surface area contributed by atoms with Crippen molar-refractivity contribution in [3.63, 3.8) is 0 Å². The molecule has 1 rings (SSSR count). The average Bonchev–Trinajstić information content (AvgIpc) is 2.34. The zero-order valence-corrected chi connectivity index (χ0v) is 12.2. The molecule has 106 valence electrons. The first-order valence-corrected chi connectivity index (χ1v) is 6.59. The molecule has 0 fully saturated rings. The number of nitrogens with one attached hydrogen (secondary N) is 1. The monoisotopic (exact) mass is 265 g/mol. The van der Waals surface area contributed by atoms with Crippen molar-refractivity contribution in [3.8, 4) is 5.75 Å². The van der Waals surface area contributed by atoms with Crippen LogP contribution < -0.4 is 10.1 Å². The molecule has 0 unspecified atom stereocenters. The molecular weight excluding hydrogens is 242 g/mol. The molecule has 0 aliphatic heterocycles. The minimum absolute atomic E-state index is 0.213. The highest BCUT2D eigenvalue weighted by atomic mass is 16.5. The van der Waals surface area contributed by atoms with Crippen LogP contribution in [0.4, 0.5) is 0 Å². The molecule has 0 amide bonds. The van der Waals surface area contributed by atoms with Gasteiger partial charge in [0.1, 0.15) is 5.75 Å². The number of methoxy groups -OCH3 is 1. The second-order valence-electron chi connectivity index (χ2n) is 4.51. The van der Waals surface area contributed by atoms with Crippen molar-refractivity contribution >= 4 is 5.97 Å². The number of carbonyl (C=O) groups is 1. The third-order valence-electron chi connectivity index (χ3n) is 2.85. The van der Waals surface area contributed by atoms with Gasteiger partial charge in [0.2, 0.25) is 0 Å². The number of aryl methyl sites for hydroxylation is 2. The smallest absolute Gasteiger partial charge is 0.319 e. The summed E-state index contributed by atoms with van der Waals surface area (Å²) in [6, 6.07) is 4.23. The summed E-state index contributed by atoms with van der Waals surface area (Å²) in [4.78, 5) is 11.2. The zero-order valence-electron chi connectivity index (χ0n) is 12.2. The van der Waals surface area contributed by atoms with Crippen LogP contribution in [0, 0.1) is 13.8 Å². The average molecular weight is 265 g/mol. The quantitative estimate of drug-likeness (QED) is 0.605. The third kappa shape index (κ3) is 4.91. The molecule has 0 saturated carbocycles. The van der Waals surface area contributed by atoms with Gasteiger partial charge in [0.25, 0.3) is 0 Å². The van der Waals surface area contributed by atoms with Gasteiger partial charge in [-0.1, -0.05) is 17.7 Å². The zero-order chi connectivity index (χ0) is 14.3. The molecule has 0 spiro atoms. The number of carbonyl (C=O) groups excluding carboxylic acids is 1. The first-order chi connectivity index (χ1) is 9.08. The van der Waals surface area contributed by atoms with Crippen LogP contribution in [0.5, 0.6) is 5.75 Å². The van der Waals surface area contributed by atoms with E-state index in [4.69, 9.17) is 9.47 Å². The van der Waals surface area contributed by atoms with Crippen LogP contribution in [-0.2, 0) is 16.0 Å². The van der Waals surface area contributed by atoms with Crippen LogP contribution in [0.3, 0.4) is 0 Å². The third-order valence-corrected chi connectivity index (χ3v) is 2.85. The maximum atomic E-state index is 11.2. The Morgan fingerprint density at radius 3 is 2.68 bits per heavy atom. The molecule has 0 heterocycles. The van der Waals surface area contributed by atoms with Gasteiger partial charge in [-0.25, -0.2) is 0 Å². The van der Waals surface area contributed by atoms with Crippen molar-refractivity contribution in [2.45, 2.75) is 27.2 Å². The Bertz CT molecular complexity index is 430. The maximum absolute atomic E-state index is 11.2. The first kappa shape index (κ1) is 15.5. The summed E-state index contributed by atoms with van der Waals surface area (Å²) in [7, 11) is 1.69. The molecule has 0 radical (unpaired) electrons. The van der Waals surface area contributed by atoms with Crippen LogP contribution in [0.25, 0.3) is 0 Å². The molecule has 0 aromatic heterocycles. The topological polar surface area (TPSA) is 47.6 Å². The Hall–Kier alpha value is -1.55. The Kier molecular flexibility index (Phi) is 6.36. The number of rotatable bonds is 7. The van der Waals surface area contributed by atoms with Gasteiger partial charge in [0.05, 0.1) is 20.3 Å². The van der Waals surface area contributed by atoms with Gasteiger partial charge >= 0.3 is 5.97 Å². The number of esters is 1. The summed E-state index contributed by atoms with van der Waals surface area (Å²) in [6.07, 6.45) is 0.825. The van der Waals surface area contributed by atoms with E-state index in [-0.39, 0.29) is 12.5 Å². The largest absolute Gasteiger partial charge is 0.496 e. The molecule has 0 saturated heterocycles. The van der Waals surface area contributed by atoms with Gasteiger partial charge in [-0.3, -0.25) is 4.79 Å². The molecule has 1 aromatic rings. The predicted molar refractivity (Wildman–Crippen MR) is 75.7 cm³/mol. The first-order valence-electron chi connectivity index (χ1n) is 6.59. The molecule has 19 heavy (non-hydrogen) atoms. The summed E-state index contributed by atoms with van der Waals surface area (Å²) in [5, 5.41) is 3.08. The van der Waals surface area contributed by atoms with Gasteiger partial charge < -0.3 is 14.8 Å². The highest BCUT2D eigenvalue weighted by Gasteiger charge is 2.07. The molecular formula is C15H23NO3. The van der Waals surface area contributed by atoms with Crippen LogP contribution >= 0.6 is 0 Å². The van der Waals surface area contributed by atoms with E-state index in [9.17, 15) is 4.79 Å². The van der Waals surface area contributed by atoms with Gasteiger partial charge in [-0.2, -0.15) is 0 Å². The van der Waals surface area contributed by atoms with Crippen molar-refractivity contribution in [2.75, 3.05) is 26.8 Å². The van der Waals surface area contributed by atoms with Crippen molar-refractivity contribution in [3.05, 3.63) is 28.8 Å². The van der Waals surface area contributed by atoms with Gasteiger partial charge in [0, 0.05) is 0 Å². The van der Waals surface area contributed by atoms with E-state index in [1.807, 2.05) is 6.92 Å². The molecule has 0 aliphatic carbocycles. The SMILES string of the molecule is CCOC(=O)CNCCc1cc(C)cc(C)c1OC. The van der Waals surface area contributed by atoms with Crippen molar-refractivity contribution in [1.82, 2.24) is 5.32 Å². The summed E-state index contributed by atoms with van der Waals surface area (Å²) < 4.78 is 10.3. The van der Waals surface area contributed by atoms with E-state index in [0.29, 0.717) is 6.61 Å². The lowest BCUT2D eigenvalue weighted by Crippen LogP contribution is -2.26. The molecule has 0 bridgehead atoms. The van der Waals surface area contributed by atoms with Crippen LogP contribution in [0.15, 0.2) is 12.1 Å². The highest BCUT2D eigenvalue weighted by Crippen LogP contribution is 2.25. The Labute approximate surface area is 115 Å². The van der Waals surface area contributed by atoms with Crippen LogP contribution in [0.1, 0.15) is 23.6 Å². The normalized spacial score (nSPS) is 10.3. The fourth-order valence-electron chi connectivity index (χ4n) is 2.15. The highest BCUT2D eigenvalue weighted by molar-refractivity contribution is 5.71. The number of ether oxygens (including phenoxy) is 2. The fraction of sp³-hybridized carbons (Fsp3) is 0.533. The predicted octanol–water partition coefficient (Wildman–Crippen LogP) is 2.01. The number of benzene rings is 1. The maximum Gasteiger partial charge on any atom is 0.319 e. The van der Waals surface area contributed by atoms with Crippen molar-refractivity contribution < 1.29 is 14.3 Å². The number of hydrogen-bond donors (Lipinski definition) is 1. The summed E-state index contributed by atoms with van der Waals surface area (Å²) in [5.41, 5.74) is 3.53. The Morgan fingerprint density at radius 1 is 1.32 bits per heavy atom. The van der Waals surface area contributed by atoms with Crippen LogP contribution in [0.2, 0.25) is 0 Å². The molecule has 0 aliphatic rings. The van der Waals surface area contributed by atoms with Crippen LogP contribution in [-0.4, -0.2) is 32.8 Å². The lowest BCUT2D eigenvalue weighted by molar-refractivity contribution is -0.141. The molecule has 4 nitrogen and oxygen atoms in total. The second-order valence-corrected chi connectivity index (χ2v) is 4.51. The lowest BCUT2D eigenvalue weighted by atomic mass is 10.0. The van der Waals surface area contributed by atoms with E-state index in [2.05, 4.69) is 24.4 Å². The summed E-state index contributed by atoms with van der Waals surface area (Å²) in [5.74, 6) is 0.721. The molecule has 1 N–H and O–H groups in total. The Morgan fingerprint density at radius 2 is 2.05 bits per heavy atom. The minimum atomic E-state index is -0.213. The molecule has 4 heteroatoms. The van der Waals surface area contributed by atoms with Crippen molar-refractivity contribution in [2.24, 2.45) is 0 Å². The fourth-order valence-corrected chi connectivity index (χ4v) is 2.15. The van der Waals surface area contributed by atoms with Gasteiger partial charge in [-0.15, -0.1) is 0 Å².